The zero-order valence-electron chi connectivity index (χ0n) is 16.7. The molecule has 0 amide bonds. The first-order valence-corrected chi connectivity index (χ1v) is 10.3. The van der Waals surface area contributed by atoms with Crippen LogP contribution in [0.4, 0.5) is 6.01 Å². The first kappa shape index (κ1) is 18.9. The van der Waals surface area contributed by atoms with Crippen LogP contribution in [0.5, 0.6) is 0 Å². The third-order valence-corrected chi connectivity index (χ3v) is 5.87. The fraction of sp³-hybridized carbons (Fsp3) is 0.261. The topological polar surface area (TPSA) is 81.1 Å². The monoisotopic (exact) mass is 421 g/mol. The number of guanidine groups is 1. The van der Waals surface area contributed by atoms with E-state index in [0.29, 0.717) is 29.0 Å². The van der Waals surface area contributed by atoms with Crippen LogP contribution in [0.25, 0.3) is 11.1 Å². The molecule has 0 bridgehead atoms. The van der Waals surface area contributed by atoms with Gasteiger partial charge in [-0.1, -0.05) is 55.8 Å². The number of ketones is 1. The van der Waals surface area contributed by atoms with Crippen molar-refractivity contribution < 1.29 is 14.2 Å². The zero-order chi connectivity index (χ0) is 20.9. The van der Waals surface area contributed by atoms with Crippen LogP contribution in [0, 0.1) is 11.3 Å². The van der Waals surface area contributed by atoms with Gasteiger partial charge in [-0.05, 0) is 29.7 Å². The normalized spacial score (nSPS) is 22.7. The van der Waals surface area contributed by atoms with Gasteiger partial charge in [0.2, 0.25) is 0 Å². The molecule has 0 fully saturated rings. The van der Waals surface area contributed by atoms with E-state index in [1.165, 1.54) is 0 Å². The summed E-state index contributed by atoms with van der Waals surface area (Å²) in [6, 6.07) is 15.2. The average molecular weight is 422 g/mol. The Hall–Kier alpha value is -3.12. The van der Waals surface area contributed by atoms with Gasteiger partial charge in [0.15, 0.2) is 5.58 Å². The Labute approximate surface area is 179 Å². The standard InChI is InChI=1S/C23H21ClN4O2/c1-23(2)11-16-19(17(29)12-23)20(13-7-3-4-8-14(13)24)27-21(25-16)28-22-26-15-9-5-6-10-18(15)30-22/h3-11,19-20H,12H2,1-2H3,(H2,25,26,27,28)/p+1/t19-,20-/m1/s1. The minimum atomic E-state index is -0.341. The summed E-state index contributed by atoms with van der Waals surface area (Å²) < 4.78 is 5.80. The van der Waals surface area contributed by atoms with Crippen molar-refractivity contribution in [1.82, 2.24) is 10.3 Å². The Kier molecular flexibility index (Phi) is 4.40. The maximum atomic E-state index is 13.1. The molecular weight excluding hydrogens is 400 g/mol. The molecule has 0 saturated heterocycles. The highest BCUT2D eigenvalue weighted by Gasteiger charge is 2.45. The molecule has 0 radical (unpaired) electrons. The van der Waals surface area contributed by atoms with Crippen LogP contribution in [-0.4, -0.2) is 16.7 Å². The first-order valence-electron chi connectivity index (χ1n) is 9.93. The Morgan fingerprint density at radius 1 is 1.20 bits per heavy atom. The summed E-state index contributed by atoms with van der Waals surface area (Å²) in [5.41, 5.74) is 2.98. The molecule has 5 rings (SSSR count). The number of nitrogens with zero attached hydrogens (tertiary/aromatic N) is 1. The molecule has 6 nitrogen and oxygen atoms in total. The predicted molar refractivity (Wildman–Crippen MR) is 116 cm³/mol. The van der Waals surface area contributed by atoms with Crippen LogP contribution in [0.2, 0.25) is 5.02 Å². The van der Waals surface area contributed by atoms with Crippen molar-refractivity contribution in [3.63, 3.8) is 0 Å². The molecule has 7 heteroatoms. The highest BCUT2D eigenvalue weighted by Crippen LogP contribution is 2.39. The van der Waals surface area contributed by atoms with Crippen molar-refractivity contribution in [2.75, 3.05) is 5.32 Å². The highest BCUT2D eigenvalue weighted by molar-refractivity contribution is 6.31. The number of carbonyl (C=O) groups excluding carboxylic acids is 1. The van der Waals surface area contributed by atoms with Crippen LogP contribution < -0.4 is 15.6 Å². The van der Waals surface area contributed by atoms with E-state index >= 15 is 0 Å². The summed E-state index contributed by atoms with van der Waals surface area (Å²) in [5, 5.41) is 7.15. The van der Waals surface area contributed by atoms with Crippen LogP contribution in [0.15, 0.2) is 64.7 Å². The molecule has 3 aromatic rings. The van der Waals surface area contributed by atoms with Gasteiger partial charge >= 0.3 is 12.0 Å². The molecule has 2 aromatic carbocycles. The summed E-state index contributed by atoms with van der Waals surface area (Å²) in [5.74, 6) is 0.440. The van der Waals surface area contributed by atoms with Gasteiger partial charge in [-0.3, -0.25) is 9.79 Å². The lowest BCUT2D eigenvalue weighted by Crippen LogP contribution is -2.84. The lowest BCUT2D eigenvalue weighted by Gasteiger charge is -2.36. The Morgan fingerprint density at radius 3 is 2.77 bits per heavy atom. The largest absolute Gasteiger partial charge is 0.412 e. The molecule has 152 valence electrons. The van der Waals surface area contributed by atoms with Gasteiger partial charge < -0.3 is 4.42 Å². The molecule has 1 aliphatic carbocycles. The molecule has 2 aliphatic rings. The van der Waals surface area contributed by atoms with Crippen molar-refractivity contribution in [3.05, 3.63) is 70.9 Å². The number of rotatable bonds is 2. The number of fused-ring (bicyclic) bond motifs is 2. The molecule has 1 aliphatic heterocycles. The van der Waals surface area contributed by atoms with E-state index in [2.05, 4.69) is 40.5 Å². The first-order chi connectivity index (χ1) is 14.4. The quantitative estimate of drug-likeness (QED) is 0.592. The Morgan fingerprint density at radius 2 is 1.97 bits per heavy atom. The van der Waals surface area contributed by atoms with Crippen LogP contribution in [0.1, 0.15) is 31.9 Å². The fourth-order valence-corrected chi connectivity index (χ4v) is 4.53. The maximum absolute atomic E-state index is 13.1. The highest BCUT2D eigenvalue weighted by atomic mass is 35.5. The van der Waals surface area contributed by atoms with Crippen molar-refractivity contribution in [2.45, 2.75) is 26.3 Å². The van der Waals surface area contributed by atoms with E-state index < -0.39 is 0 Å². The van der Waals surface area contributed by atoms with E-state index in [-0.39, 0.29) is 23.2 Å². The van der Waals surface area contributed by atoms with Crippen LogP contribution in [0.3, 0.4) is 0 Å². The van der Waals surface area contributed by atoms with Crippen molar-refractivity contribution >= 4 is 40.5 Å². The van der Waals surface area contributed by atoms with Gasteiger partial charge in [-0.25, -0.2) is 5.32 Å². The minimum Gasteiger partial charge on any atom is -0.412 e. The second kappa shape index (κ2) is 6.99. The molecule has 0 unspecified atom stereocenters. The predicted octanol–water partition coefficient (Wildman–Crippen LogP) is 3.17. The number of hydrogen-bond donors (Lipinski definition) is 3. The number of carbonyl (C=O) groups is 1. The minimum absolute atomic E-state index is 0.184. The van der Waals surface area contributed by atoms with Crippen molar-refractivity contribution in [2.24, 2.45) is 11.3 Å². The Bertz CT molecular complexity index is 1180. The van der Waals surface area contributed by atoms with Gasteiger partial charge in [0.05, 0.1) is 5.70 Å². The summed E-state index contributed by atoms with van der Waals surface area (Å²) >= 11 is 6.50. The lowest BCUT2D eigenvalue weighted by molar-refractivity contribution is -0.522. The molecule has 0 saturated carbocycles. The van der Waals surface area contributed by atoms with Crippen LogP contribution >= 0.6 is 11.6 Å². The van der Waals surface area contributed by atoms with Crippen LogP contribution in [-0.2, 0) is 4.79 Å². The maximum Gasteiger partial charge on any atom is 0.365 e. The second-order valence-electron chi connectivity index (χ2n) is 8.46. The third-order valence-electron chi connectivity index (χ3n) is 5.53. The van der Waals surface area contributed by atoms with Gasteiger partial charge in [-0.2, -0.15) is 10.3 Å². The zero-order valence-corrected chi connectivity index (χ0v) is 17.5. The summed E-state index contributed by atoms with van der Waals surface area (Å²) in [7, 11) is 0. The number of para-hydroxylation sites is 2. The molecule has 30 heavy (non-hydrogen) atoms. The van der Waals surface area contributed by atoms with E-state index in [4.69, 9.17) is 16.0 Å². The Balaban J connectivity index is 1.57. The average Bonchev–Trinajstić information content (AvgIpc) is 3.08. The van der Waals surface area contributed by atoms with E-state index in [1.54, 1.807) is 0 Å². The van der Waals surface area contributed by atoms with Crippen molar-refractivity contribution in [1.29, 1.82) is 0 Å². The van der Waals surface area contributed by atoms with E-state index in [9.17, 15) is 4.79 Å². The number of aromatic nitrogens is 1. The molecule has 2 heterocycles. The molecular formula is C23H22ClN4O2+. The number of allylic oxidation sites excluding steroid dienone is 1. The smallest absolute Gasteiger partial charge is 0.365 e. The molecule has 0 spiro atoms. The summed E-state index contributed by atoms with van der Waals surface area (Å²) in [6.45, 7) is 4.13. The van der Waals surface area contributed by atoms with E-state index in [1.807, 2.05) is 48.5 Å². The number of anilines is 1. The van der Waals surface area contributed by atoms with Gasteiger partial charge in [0, 0.05) is 17.0 Å². The number of oxazole rings is 1. The van der Waals surface area contributed by atoms with Crippen molar-refractivity contribution in [3.8, 4) is 0 Å². The molecule has 2 atom stereocenters. The van der Waals surface area contributed by atoms with Gasteiger partial charge in [0.1, 0.15) is 23.3 Å². The molecule has 1 aromatic heterocycles. The lowest BCUT2D eigenvalue weighted by atomic mass is 9.72. The second-order valence-corrected chi connectivity index (χ2v) is 8.87. The number of halogens is 1. The fourth-order valence-electron chi connectivity index (χ4n) is 4.28. The number of benzene rings is 2. The summed E-state index contributed by atoms with van der Waals surface area (Å²) in [6.07, 6.45) is 2.62. The van der Waals surface area contributed by atoms with Gasteiger partial charge in [-0.15, -0.1) is 0 Å². The van der Waals surface area contributed by atoms with Gasteiger partial charge in [0.25, 0.3) is 0 Å². The number of nitrogens with one attached hydrogen (secondary N) is 3. The summed E-state index contributed by atoms with van der Waals surface area (Å²) in [4.78, 5) is 21.0. The molecule has 3 N–H and O–H groups in total. The SMILES string of the molecule is CC1(C)C=C2NC(Nc3nc4ccccc4o3)=[NH+][C@H](c3ccccc3Cl)[C@H]2C(=O)C1. The van der Waals surface area contributed by atoms with E-state index in [0.717, 1.165) is 16.8 Å². The number of hydrogen-bond acceptors (Lipinski definition) is 5. The number of Topliss-reactive ketones (excluding diaryl/α,β-unsaturated/α-hetero) is 1. The third kappa shape index (κ3) is 3.37.